The van der Waals surface area contributed by atoms with Crippen molar-refractivity contribution in [1.29, 1.82) is 0 Å². The Morgan fingerprint density at radius 1 is 0.308 bits per heavy atom. The average molecular weight is 831 g/mol. The molecule has 10 aromatic carbocycles. The lowest BCUT2D eigenvalue weighted by Gasteiger charge is -2.26. The molecule has 65 heavy (non-hydrogen) atoms. The lowest BCUT2D eigenvalue weighted by atomic mass is 9.82. The molecule has 1 aliphatic rings. The maximum absolute atomic E-state index is 2.46. The van der Waals surface area contributed by atoms with Gasteiger partial charge in [0, 0.05) is 38.9 Å². The van der Waals surface area contributed by atoms with Crippen molar-refractivity contribution in [2.45, 2.75) is 19.3 Å². The summed E-state index contributed by atoms with van der Waals surface area (Å²) in [5.41, 5.74) is 21.9. The first kappa shape index (κ1) is 38.5. The van der Waals surface area contributed by atoms with Gasteiger partial charge >= 0.3 is 0 Å². The number of fused-ring (bicyclic) bond motifs is 6. The Morgan fingerprint density at radius 2 is 0.769 bits per heavy atom. The van der Waals surface area contributed by atoms with Crippen molar-refractivity contribution in [2.75, 3.05) is 4.90 Å². The summed E-state index contributed by atoms with van der Waals surface area (Å²) in [6.07, 6.45) is 0. The molecule has 1 aromatic heterocycles. The van der Waals surface area contributed by atoms with E-state index < -0.39 is 0 Å². The highest BCUT2D eigenvalue weighted by Crippen LogP contribution is 2.49. The molecule has 2 heteroatoms. The van der Waals surface area contributed by atoms with Crippen LogP contribution in [0, 0.1) is 0 Å². The van der Waals surface area contributed by atoms with Crippen molar-refractivity contribution in [3.8, 4) is 61.3 Å². The molecule has 0 aliphatic heterocycles. The molecule has 308 valence electrons. The van der Waals surface area contributed by atoms with Crippen molar-refractivity contribution in [1.82, 2.24) is 4.57 Å². The van der Waals surface area contributed by atoms with Crippen LogP contribution in [0.1, 0.15) is 25.0 Å². The van der Waals surface area contributed by atoms with Crippen LogP contribution in [0.4, 0.5) is 17.1 Å². The summed E-state index contributed by atoms with van der Waals surface area (Å²) in [5, 5.41) is 2.52. The van der Waals surface area contributed by atoms with Crippen LogP contribution in [0.3, 0.4) is 0 Å². The molecule has 0 saturated carbocycles. The molecular formula is C63H46N2. The van der Waals surface area contributed by atoms with Crippen LogP contribution in [-0.2, 0) is 5.41 Å². The van der Waals surface area contributed by atoms with E-state index in [-0.39, 0.29) is 5.41 Å². The van der Waals surface area contributed by atoms with Gasteiger partial charge in [0.15, 0.2) is 0 Å². The summed E-state index contributed by atoms with van der Waals surface area (Å²) in [4.78, 5) is 2.33. The molecule has 11 aromatic rings. The molecule has 2 nitrogen and oxygen atoms in total. The normalized spacial score (nSPS) is 12.6. The Balaban J connectivity index is 0.865. The van der Waals surface area contributed by atoms with Gasteiger partial charge in [-0.2, -0.15) is 0 Å². The van der Waals surface area contributed by atoms with E-state index in [4.69, 9.17) is 0 Å². The smallest absolute Gasteiger partial charge is 0.0547 e. The van der Waals surface area contributed by atoms with Crippen LogP contribution in [0.5, 0.6) is 0 Å². The standard InChI is InChI=1S/C63H46N2/c1-63(2)59-22-11-9-20-55(59)58-42-54(37-39-60(58)63)65-61-23-12-10-21-56(61)57-38-32-50(41-62(57)65)49-17-13-16-48(40-49)47-30-35-53(36-31-47)64(51-18-7-4-8-19-51)52-33-28-46(29-34-52)45-26-24-44(25-27-45)43-14-5-3-6-15-43/h3-42H,1-2H3. The number of hydrogen-bond donors (Lipinski definition) is 0. The van der Waals surface area contributed by atoms with E-state index in [0.29, 0.717) is 0 Å². The Labute approximate surface area is 381 Å². The van der Waals surface area contributed by atoms with E-state index in [2.05, 4.69) is 266 Å². The van der Waals surface area contributed by atoms with E-state index in [0.717, 1.165) is 17.1 Å². The van der Waals surface area contributed by atoms with Crippen molar-refractivity contribution in [3.05, 3.63) is 254 Å². The lowest BCUT2D eigenvalue weighted by molar-refractivity contribution is 0.660. The topological polar surface area (TPSA) is 8.17 Å². The number of aromatic nitrogens is 1. The van der Waals surface area contributed by atoms with Gasteiger partial charge in [0.1, 0.15) is 0 Å². The van der Waals surface area contributed by atoms with Gasteiger partial charge in [-0.3, -0.25) is 0 Å². The summed E-state index contributed by atoms with van der Waals surface area (Å²) in [5.74, 6) is 0. The lowest BCUT2D eigenvalue weighted by Crippen LogP contribution is -2.14. The molecule has 0 bridgehead atoms. The zero-order valence-electron chi connectivity index (χ0n) is 36.5. The van der Waals surface area contributed by atoms with Crippen LogP contribution in [-0.4, -0.2) is 4.57 Å². The summed E-state index contributed by atoms with van der Waals surface area (Å²) < 4.78 is 2.46. The zero-order chi connectivity index (χ0) is 43.5. The van der Waals surface area contributed by atoms with Gasteiger partial charge in [0.25, 0.3) is 0 Å². The molecule has 0 unspecified atom stereocenters. The first-order valence-electron chi connectivity index (χ1n) is 22.6. The largest absolute Gasteiger partial charge is 0.311 e. The number of benzene rings is 10. The maximum atomic E-state index is 2.46. The number of nitrogens with zero attached hydrogens (tertiary/aromatic N) is 2. The Morgan fingerprint density at radius 3 is 1.46 bits per heavy atom. The molecule has 0 atom stereocenters. The molecule has 0 fully saturated rings. The zero-order valence-corrected chi connectivity index (χ0v) is 36.5. The van der Waals surface area contributed by atoms with Gasteiger partial charge in [0.05, 0.1) is 11.0 Å². The van der Waals surface area contributed by atoms with Crippen molar-refractivity contribution in [3.63, 3.8) is 0 Å². The van der Waals surface area contributed by atoms with Crippen molar-refractivity contribution in [2.24, 2.45) is 0 Å². The van der Waals surface area contributed by atoms with Crippen LogP contribution in [0.25, 0.3) is 83.1 Å². The average Bonchev–Trinajstić information content (AvgIpc) is 3.82. The molecule has 0 saturated heterocycles. The molecule has 1 heterocycles. The second-order valence-corrected chi connectivity index (χ2v) is 17.8. The van der Waals surface area contributed by atoms with Gasteiger partial charge in [-0.15, -0.1) is 0 Å². The van der Waals surface area contributed by atoms with Crippen LogP contribution in [0.15, 0.2) is 243 Å². The fourth-order valence-corrected chi connectivity index (χ4v) is 10.3. The van der Waals surface area contributed by atoms with E-state index in [1.54, 1.807) is 0 Å². The minimum Gasteiger partial charge on any atom is -0.311 e. The molecule has 0 radical (unpaired) electrons. The third kappa shape index (κ3) is 6.65. The van der Waals surface area contributed by atoms with Crippen molar-refractivity contribution >= 4 is 38.9 Å². The number of rotatable bonds is 8. The van der Waals surface area contributed by atoms with Gasteiger partial charge in [0.2, 0.25) is 0 Å². The highest BCUT2D eigenvalue weighted by atomic mass is 15.1. The Bertz CT molecular complexity index is 3520. The van der Waals surface area contributed by atoms with Gasteiger partial charge in [-0.25, -0.2) is 0 Å². The highest BCUT2D eigenvalue weighted by Gasteiger charge is 2.35. The fraction of sp³-hybridized carbons (Fsp3) is 0.0476. The summed E-state index contributed by atoms with van der Waals surface area (Å²) >= 11 is 0. The minimum absolute atomic E-state index is 0.0326. The molecule has 0 amide bonds. The summed E-state index contributed by atoms with van der Waals surface area (Å²) in [6.45, 7) is 4.69. The molecule has 1 aliphatic carbocycles. The summed E-state index contributed by atoms with van der Waals surface area (Å²) in [7, 11) is 0. The van der Waals surface area contributed by atoms with E-state index >= 15 is 0 Å². The van der Waals surface area contributed by atoms with Crippen LogP contribution in [0.2, 0.25) is 0 Å². The third-order valence-corrected chi connectivity index (χ3v) is 13.6. The van der Waals surface area contributed by atoms with Crippen LogP contribution >= 0.6 is 0 Å². The second-order valence-electron chi connectivity index (χ2n) is 17.8. The molecule has 12 rings (SSSR count). The number of anilines is 3. The van der Waals surface area contributed by atoms with Gasteiger partial charge in [-0.1, -0.05) is 190 Å². The molecule has 0 N–H and O–H groups in total. The fourth-order valence-electron chi connectivity index (χ4n) is 10.3. The van der Waals surface area contributed by atoms with Crippen molar-refractivity contribution < 1.29 is 0 Å². The minimum atomic E-state index is -0.0326. The van der Waals surface area contributed by atoms with E-state index in [1.165, 1.54) is 94.3 Å². The Kier molecular flexibility index (Phi) is 9.21. The number of para-hydroxylation sites is 2. The van der Waals surface area contributed by atoms with E-state index in [1.807, 2.05) is 0 Å². The third-order valence-electron chi connectivity index (χ3n) is 13.6. The molecular weight excluding hydrogens is 785 g/mol. The maximum Gasteiger partial charge on any atom is 0.0547 e. The SMILES string of the molecule is CC1(C)c2ccccc2-c2cc(-n3c4ccccc4c4ccc(-c5cccc(-c6ccc(N(c7ccccc7)c7ccc(-c8ccc(-c9ccccc9)cc8)cc7)cc6)c5)cc43)ccc21. The quantitative estimate of drug-likeness (QED) is 0.148. The highest BCUT2D eigenvalue weighted by molar-refractivity contribution is 6.10. The number of hydrogen-bond acceptors (Lipinski definition) is 1. The predicted molar refractivity (Wildman–Crippen MR) is 275 cm³/mol. The monoisotopic (exact) mass is 830 g/mol. The predicted octanol–water partition coefficient (Wildman–Crippen LogP) is 17.2. The van der Waals surface area contributed by atoms with Gasteiger partial charge in [-0.05, 0) is 133 Å². The van der Waals surface area contributed by atoms with Gasteiger partial charge < -0.3 is 9.47 Å². The molecule has 0 spiro atoms. The first-order valence-corrected chi connectivity index (χ1v) is 22.6. The summed E-state index contributed by atoms with van der Waals surface area (Å²) in [6, 6.07) is 88.7. The Hall–Kier alpha value is -8.20. The van der Waals surface area contributed by atoms with Crippen LogP contribution < -0.4 is 4.90 Å². The first-order chi connectivity index (χ1) is 32.0. The van der Waals surface area contributed by atoms with E-state index in [9.17, 15) is 0 Å². The second kappa shape index (κ2) is 15.6.